The number of alkyl halides is 3. The first-order chi connectivity index (χ1) is 12.8. The summed E-state index contributed by atoms with van der Waals surface area (Å²) < 4.78 is 48.9. The summed E-state index contributed by atoms with van der Waals surface area (Å²) in [5.41, 5.74) is -1.00. The van der Waals surface area contributed by atoms with E-state index < -0.39 is 11.9 Å². The summed E-state index contributed by atoms with van der Waals surface area (Å²) in [5.74, 6) is -0.321. The van der Waals surface area contributed by atoms with Gasteiger partial charge in [-0.1, -0.05) is 0 Å². The molecule has 0 bridgehead atoms. The second kappa shape index (κ2) is 7.97. The van der Waals surface area contributed by atoms with Gasteiger partial charge in [0.05, 0.1) is 24.7 Å². The minimum absolute atomic E-state index is 0.0346. The van der Waals surface area contributed by atoms with Crippen molar-refractivity contribution in [1.29, 1.82) is 0 Å². The molecule has 1 aliphatic heterocycles. The molecule has 1 aromatic rings. The van der Waals surface area contributed by atoms with E-state index in [0.29, 0.717) is 13.0 Å². The lowest BCUT2D eigenvalue weighted by atomic mass is 9.87. The molecule has 2 fully saturated rings. The molecule has 0 radical (unpaired) electrons. The zero-order valence-electron chi connectivity index (χ0n) is 15.2. The first kappa shape index (κ1) is 19.8. The third-order valence-electron chi connectivity index (χ3n) is 5.16. The molecule has 0 aromatic carbocycles. The van der Waals surface area contributed by atoms with Gasteiger partial charge in [-0.3, -0.25) is 4.79 Å². The minimum atomic E-state index is -4.52. The maximum atomic E-state index is 12.7. The number of nitrogens with zero attached hydrogens (tertiary/aromatic N) is 3. The van der Waals surface area contributed by atoms with E-state index in [2.05, 4.69) is 15.3 Å². The monoisotopic (exact) mass is 388 g/mol. The van der Waals surface area contributed by atoms with Crippen LogP contribution in [-0.2, 0) is 20.4 Å². The molecular weight excluding hydrogens is 365 g/mol. The van der Waals surface area contributed by atoms with Gasteiger partial charge in [-0.05, 0) is 25.3 Å². The third kappa shape index (κ3) is 4.67. The second-order valence-electron chi connectivity index (χ2n) is 6.96. The van der Waals surface area contributed by atoms with Gasteiger partial charge in [0.1, 0.15) is 5.69 Å². The van der Waals surface area contributed by atoms with E-state index in [1.54, 1.807) is 19.1 Å². The van der Waals surface area contributed by atoms with Crippen molar-refractivity contribution in [2.45, 2.75) is 43.7 Å². The largest absolute Gasteiger partial charge is 0.433 e. The van der Waals surface area contributed by atoms with Crippen LogP contribution in [0.25, 0.3) is 0 Å². The molecule has 10 heteroatoms. The van der Waals surface area contributed by atoms with Gasteiger partial charge in [-0.15, -0.1) is 0 Å². The zero-order chi connectivity index (χ0) is 19.6. The fourth-order valence-corrected chi connectivity index (χ4v) is 3.34. The van der Waals surface area contributed by atoms with Crippen molar-refractivity contribution in [3.8, 4) is 0 Å². The highest BCUT2D eigenvalue weighted by molar-refractivity contribution is 5.79. The Bertz CT molecular complexity index is 667. The van der Waals surface area contributed by atoms with E-state index in [1.807, 2.05) is 0 Å². The van der Waals surface area contributed by atoms with Crippen LogP contribution in [0.3, 0.4) is 0 Å². The summed E-state index contributed by atoms with van der Waals surface area (Å²) in [5, 5.41) is 2.76. The molecule has 27 heavy (non-hydrogen) atoms. The maximum absolute atomic E-state index is 12.7. The molecule has 1 aliphatic carbocycles. The number of halogens is 3. The number of carbonyl (C=O) groups is 1. The van der Waals surface area contributed by atoms with E-state index in [1.165, 1.54) is 0 Å². The van der Waals surface area contributed by atoms with Crippen LogP contribution in [0.2, 0.25) is 0 Å². The normalized spacial score (nSPS) is 27.9. The summed E-state index contributed by atoms with van der Waals surface area (Å²) in [7, 11) is 3.46. The van der Waals surface area contributed by atoms with Crippen molar-refractivity contribution in [2.24, 2.45) is 5.92 Å². The van der Waals surface area contributed by atoms with Crippen LogP contribution < -0.4 is 5.32 Å². The SMILES string of the molecule is COC1CC(N(C)C(=O)[C@@H]2CO[C@H](CNc3nccc(C(F)(F)F)n3)C2)C1. The van der Waals surface area contributed by atoms with Crippen molar-refractivity contribution in [3.63, 3.8) is 0 Å². The lowest BCUT2D eigenvalue weighted by Crippen LogP contribution is -2.50. The molecule has 7 nitrogen and oxygen atoms in total. The van der Waals surface area contributed by atoms with Crippen molar-refractivity contribution in [1.82, 2.24) is 14.9 Å². The Hall–Kier alpha value is -1.94. The van der Waals surface area contributed by atoms with E-state index in [4.69, 9.17) is 9.47 Å². The Kier molecular flexibility index (Phi) is 5.85. The molecule has 0 spiro atoms. The summed E-state index contributed by atoms with van der Waals surface area (Å²) in [6.07, 6.45) is -1.34. The van der Waals surface area contributed by atoms with Gasteiger partial charge in [0, 0.05) is 32.9 Å². The number of hydrogen-bond acceptors (Lipinski definition) is 6. The molecule has 2 atom stereocenters. The average Bonchev–Trinajstić information content (AvgIpc) is 3.07. The highest BCUT2D eigenvalue weighted by Crippen LogP contribution is 2.30. The van der Waals surface area contributed by atoms with Gasteiger partial charge in [-0.25, -0.2) is 9.97 Å². The van der Waals surface area contributed by atoms with Crippen molar-refractivity contribution in [2.75, 3.05) is 32.6 Å². The predicted molar refractivity (Wildman–Crippen MR) is 90.0 cm³/mol. The molecule has 2 aliphatic rings. The third-order valence-corrected chi connectivity index (χ3v) is 5.16. The van der Waals surface area contributed by atoms with Crippen LogP contribution >= 0.6 is 0 Å². The topological polar surface area (TPSA) is 76.6 Å². The van der Waals surface area contributed by atoms with Gasteiger partial charge in [0.25, 0.3) is 0 Å². The zero-order valence-corrected chi connectivity index (χ0v) is 15.2. The smallest absolute Gasteiger partial charge is 0.381 e. The summed E-state index contributed by atoms with van der Waals surface area (Å²) in [4.78, 5) is 21.6. The van der Waals surface area contributed by atoms with E-state index in [0.717, 1.165) is 25.1 Å². The molecule has 1 saturated carbocycles. The van der Waals surface area contributed by atoms with Gasteiger partial charge in [0.15, 0.2) is 0 Å². The van der Waals surface area contributed by atoms with Gasteiger partial charge >= 0.3 is 6.18 Å². The van der Waals surface area contributed by atoms with Crippen LogP contribution in [0.1, 0.15) is 25.0 Å². The summed E-state index contributed by atoms with van der Waals surface area (Å²) >= 11 is 0. The Labute approximate surface area is 155 Å². The number of aromatic nitrogens is 2. The number of rotatable bonds is 6. The summed E-state index contributed by atoms with van der Waals surface area (Å²) in [6, 6.07) is 1.01. The molecule has 150 valence electrons. The molecule has 2 heterocycles. The first-order valence-electron chi connectivity index (χ1n) is 8.83. The summed E-state index contributed by atoms with van der Waals surface area (Å²) in [6.45, 7) is 0.545. The molecule has 1 amide bonds. The van der Waals surface area contributed by atoms with Crippen LogP contribution in [0.15, 0.2) is 12.3 Å². The number of methoxy groups -OCH3 is 1. The highest BCUT2D eigenvalue weighted by Gasteiger charge is 2.39. The number of carbonyl (C=O) groups excluding carboxylic acids is 1. The van der Waals surface area contributed by atoms with Crippen LogP contribution in [-0.4, -0.2) is 66.3 Å². The van der Waals surface area contributed by atoms with Crippen LogP contribution in [0.4, 0.5) is 19.1 Å². The number of hydrogen-bond donors (Lipinski definition) is 1. The first-order valence-corrected chi connectivity index (χ1v) is 8.83. The molecule has 1 saturated heterocycles. The maximum Gasteiger partial charge on any atom is 0.433 e. The van der Waals surface area contributed by atoms with Crippen LogP contribution in [0.5, 0.6) is 0 Å². The van der Waals surface area contributed by atoms with Crippen LogP contribution in [0, 0.1) is 5.92 Å². The number of ether oxygens (including phenoxy) is 2. The fourth-order valence-electron chi connectivity index (χ4n) is 3.34. The Morgan fingerprint density at radius 1 is 1.41 bits per heavy atom. The van der Waals surface area contributed by atoms with Crippen molar-refractivity contribution < 1.29 is 27.4 Å². The van der Waals surface area contributed by atoms with Gasteiger partial charge in [-0.2, -0.15) is 13.2 Å². The molecular formula is C17H23F3N4O3. The quantitative estimate of drug-likeness (QED) is 0.803. The van der Waals surface area contributed by atoms with E-state index >= 15 is 0 Å². The number of anilines is 1. The Balaban J connectivity index is 1.47. The molecule has 0 unspecified atom stereocenters. The van der Waals surface area contributed by atoms with Crippen molar-refractivity contribution >= 4 is 11.9 Å². The lowest BCUT2D eigenvalue weighted by molar-refractivity contribution is -0.141. The molecule has 1 aromatic heterocycles. The van der Waals surface area contributed by atoms with Gasteiger partial charge in [0.2, 0.25) is 11.9 Å². The second-order valence-corrected chi connectivity index (χ2v) is 6.96. The van der Waals surface area contributed by atoms with Gasteiger partial charge < -0.3 is 19.7 Å². The molecule has 1 N–H and O–H groups in total. The number of nitrogens with one attached hydrogen (secondary N) is 1. The average molecular weight is 388 g/mol. The highest BCUT2D eigenvalue weighted by atomic mass is 19.4. The Morgan fingerprint density at radius 2 is 2.15 bits per heavy atom. The number of amides is 1. The predicted octanol–water partition coefficient (Wildman–Crippen LogP) is 1.95. The fraction of sp³-hybridized carbons (Fsp3) is 0.706. The van der Waals surface area contributed by atoms with Crippen molar-refractivity contribution in [3.05, 3.63) is 18.0 Å². The van der Waals surface area contributed by atoms with E-state index in [9.17, 15) is 18.0 Å². The lowest BCUT2D eigenvalue weighted by Gasteiger charge is -2.41. The minimum Gasteiger partial charge on any atom is -0.381 e. The van der Waals surface area contributed by atoms with E-state index in [-0.39, 0.29) is 42.6 Å². The Morgan fingerprint density at radius 3 is 2.81 bits per heavy atom. The molecule has 3 rings (SSSR count). The standard InChI is InChI=1S/C17H23F3N4O3/c1-24(11-6-12(7-11)26-2)15(25)10-5-13(27-9-10)8-22-16-21-4-3-14(23-16)17(18,19)20/h3-4,10-13H,5-9H2,1-2H3,(H,21,22,23)/t10-,11?,12?,13-/m0/s1.